The average Bonchev–Trinajstić information content (AvgIpc) is 2.39. The Morgan fingerprint density at radius 3 is 2.79 bits per heavy atom. The van der Waals surface area contributed by atoms with Crippen molar-refractivity contribution >= 4 is 23.2 Å². The Labute approximate surface area is 115 Å². The van der Waals surface area contributed by atoms with Gasteiger partial charge < -0.3 is 11.1 Å². The molecule has 0 saturated heterocycles. The normalized spacial score (nSPS) is 13.6. The van der Waals surface area contributed by atoms with Gasteiger partial charge >= 0.3 is 0 Å². The number of carbonyl (C=O) groups excluding carboxylic acids is 1. The van der Waals surface area contributed by atoms with Crippen molar-refractivity contribution in [1.82, 2.24) is 9.97 Å². The zero-order valence-corrected chi connectivity index (χ0v) is 11.1. The average molecular weight is 277 g/mol. The van der Waals surface area contributed by atoms with Crippen LogP contribution in [0.1, 0.15) is 12.6 Å². The summed E-state index contributed by atoms with van der Waals surface area (Å²) >= 11 is 5.92. The van der Waals surface area contributed by atoms with Crippen LogP contribution in [0.3, 0.4) is 0 Å². The van der Waals surface area contributed by atoms with Crippen LogP contribution in [0.25, 0.3) is 0 Å². The van der Waals surface area contributed by atoms with E-state index < -0.39 is 11.4 Å². The Bertz CT molecular complexity index is 590. The molecule has 6 heteroatoms. The first kappa shape index (κ1) is 13.3. The zero-order chi connectivity index (χ0) is 13.9. The minimum Gasteiger partial charge on any atom is -0.367 e. The predicted octanol–water partition coefficient (Wildman–Crippen LogP) is 1.94. The van der Waals surface area contributed by atoms with Crippen molar-refractivity contribution in [3.8, 4) is 0 Å². The fourth-order valence-electron chi connectivity index (χ4n) is 1.66. The molecule has 1 atom stereocenters. The maximum absolute atomic E-state index is 11.8. The second kappa shape index (κ2) is 5.24. The topological polar surface area (TPSA) is 80.9 Å². The first-order valence-corrected chi connectivity index (χ1v) is 6.00. The molecule has 0 radical (unpaired) electrons. The molecule has 0 saturated carbocycles. The van der Waals surface area contributed by atoms with E-state index in [1.54, 1.807) is 31.2 Å². The molecular weight excluding hydrogens is 264 g/mol. The molecule has 1 heterocycles. The summed E-state index contributed by atoms with van der Waals surface area (Å²) in [4.78, 5) is 19.9. The van der Waals surface area contributed by atoms with E-state index in [0.29, 0.717) is 16.4 Å². The van der Waals surface area contributed by atoms with Crippen LogP contribution in [0.5, 0.6) is 0 Å². The molecule has 0 spiro atoms. The number of carbonyl (C=O) groups is 1. The highest BCUT2D eigenvalue weighted by atomic mass is 35.5. The summed E-state index contributed by atoms with van der Waals surface area (Å²) in [5.41, 5.74) is 5.46. The van der Waals surface area contributed by atoms with Crippen molar-refractivity contribution in [3.63, 3.8) is 0 Å². The predicted molar refractivity (Wildman–Crippen MR) is 73.7 cm³/mol. The molecule has 1 aromatic carbocycles. The van der Waals surface area contributed by atoms with E-state index in [2.05, 4.69) is 15.3 Å². The number of nitrogens with two attached hydrogens (primary N) is 1. The fraction of sp³-hybridized carbons (Fsp3) is 0.154. The van der Waals surface area contributed by atoms with Gasteiger partial charge in [-0.1, -0.05) is 17.7 Å². The molecule has 19 heavy (non-hydrogen) atoms. The highest BCUT2D eigenvalue weighted by Crippen LogP contribution is 2.25. The van der Waals surface area contributed by atoms with Gasteiger partial charge in [0.2, 0.25) is 5.91 Å². The Hall–Kier alpha value is -2.14. The third-order valence-corrected chi connectivity index (χ3v) is 3.02. The van der Waals surface area contributed by atoms with Crippen molar-refractivity contribution in [2.24, 2.45) is 5.73 Å². The second-order valence-electron chi connectivity index (χ2n) is 4.22. The highest BCUT2D eigenvalue weighted by Gasteiger charge is 2.35. The van der Waals surface area contributed by atoms with Gasteiger partial charge in [-0.15, -0.1) is 0 Å². The molecule has 1 amide bonds. The molecule has 1 aromatic heterocycles. The minimum absolute atomic E-state index is 0.447. The van der Waals surface area contributed by atoms with E-state index in [1.807, 2.05) is 0 Å². The van der Waals surface area contributed by atoms with E-state index in [-0.39, 0.29) is 0 Å². The molecule has 1 unspecified atom stereocenters. The van der Waals surface area contributed by atoms with Gasteiger partial charge in [0, 0.05) is 23.1 Å². The number of hydrogen-bond donors (Lipinski definition) is 2. The maximum Gasteiger partial charge on any atom is 0.249 e. The van der Waals surface area contributed by atoms with Gasteiger partial charge in [-0.05, 0) is 25.1 Å². The monoisotopic (exact) mass is 276 g/mol. The van der Waals surface area contributed by atoms with Crippen molar-refractivity contribution in [2.45, 2.75) is 12.5 Å². The SMILES string of the molecule is CC(Nc1cccc(Cl)c1)(C(N)=O)c1cnccn1. The smallest absolute Gasteiger partial charge is 0.249 e. The summed E-state index contributed by atoms with van der Waals surface area (Å²) in [6.45, 7) is 1.65. The van der Waals surface area contributed by atoms with Gasteiger partial charge in [-0.25, -0.2) is 0 Å². The second-order valence-corrected chi connectivity index (χ2v) is 4.65. The lowest BCUT2D eigenvalue weighted by Gasteiger charge is -2.27. The molecule has 0 fully saturated rings. The van der Waals surface area contributed by atoms with Crippen LogP contribution in [-0.4, -0.2) is 15.9 Å². The summed E-state index contributed by atoms with van der Waals surface area (Å²) in [5.74, 6) is -0.548. The Morgan fingerprint density at radius 2 is 2.21 bits per heavy atom. The number of nitrogens with one attached hydrogen (secondary N) is 1. The van der Waals surface area contributed by atoms with Gasteiger partial charge in [-0.2, -0.15) is 0 Å². The third-order valence-electron chi connectivity index (χ3n) is 2.79. The van der Waals surface area contributed by atoms with Crippen LogP contribution in [0.4, 0.5) is 5.69 Å². The number of benzene rings is 1. The molecular formula is C13H13ClN4O. The third kappa shape index (κ3) is 2.82. The van der Waals surface area contributed by atoms with E-state index in [4.69, 9.17) is 17.3 Å². The summed E-state index contributed by atoms with van der Waals surface area (Å²) in [5, 5.41) is 3.62. The van der Waals surface area contributed by atoms with Gasteiger partial charge in [0.05, 0.1) is 11.9 Å². The summed E-state index contributed by atoms with van der Waals surface area (Å²) in [7, 11) is 0. The summed E-state index contributed by atoms with van der Waals surface area (Å²) < 4.78 is 0. The first-order chi connectivity index (χ1) is 9.02. The van der Waals surface area contributed by atoms with Crippen LogP contribution in [-0.2, 0) is 10.3 Å². The fourth-order valence-corrected chi connectivity index (χ4v) is 1.85. The van der Waals surface area contributed by atoms with E-state index in [0.717, 1.165) is 0 Å². The number of halogens is 1. The molecule has 0 bridgehead atoms. The summed E-state index contributed by atoms with van der Waals surface area (Å²) in [6, 6.07) is 7.03. The van der Waals surface area contributed by atoms with Crippen LogP contribution in [0.15, 0.2) is 42.9 Å². The number of nitrogens with zero attached hydrogens (tertiary/aromatic N) is 2. The number of aromatic nitrogens is 2. The first-order valence-electron chi connectivity index (χ1n) is 5.62. The quantitative estimate of drug-likeness (QED) is 0.894. The molecule has 2 aromatic rings. The molecule has 0 aliphatic carbocycles. The van der Waals surface area contributed by atoms with E-state index in [9.17, 15) is 4.79 Å². The maximum atomic E-state index is 11.8. The van der Waals surface area contributed by atoms with Crippen molar-refractivity contribution in [1.29, 1.82) is 0 Å². The molecule has 5 nitrogen and oxygen atoms in total. The van der Waals surface area contributed by atoms with Gasteiger partial charge in [0.15, 0.2) is 5.54 Å². The van der Waals surface area contributed by atoms with Gasteiger partial charge in [-0.3, -0.25) is 14.8 Å². The lowest BCUT2D eigenvalue weighted by molar-refractivity contribution is -0.122. The molecule has 0 aliphatic rings. The van der Waals surface area contributed by atoms with Gasteiger partial charge in [0.1, 0.15) is 0 Å². The Kier molecular flexibility index (Phi) is 3.66. The largest absolute Gasteiger partial charge is 0.367 e. The molecule has 2 rings (SSSR count). The number of amides is 1. The lowest BCUT2D eigenvalue weighted by atomic mass is 9.96. The van der Waals surface area contributed by atoms with Crippen LogP contribution < -0.4 is 11.1 Å². The van der Waals surface area contributed by atoms with Gasteiger partial charge in [0.25, 0.3) is 0 Å². The lowest BCUT2D eigenvalue weighted by Crippen LogP contribution is -2.45. The standard InChI is InChI=1S/C13H13ClN4O/c1-13(12(15)19,11-8-16-5-6-17-11)18-10-4-2-3-9(14)7-10/h2-8,18H,1H3,(H2,15,19). The minimum atomic E-state index is -1.15. The Morgan fingerprint density at radius 1 is 1.42 bits per heavy atom. The highest BCUT2D eigenvalue weighted by molar-refractivity contribution is 6.30. The number of primary amides is 1. The van der Waals surface area contributed by atoms with Crippen molar-refractivity contribution < 1.29 is 4.79 Å². The van der Waals surface area contributed by atoms with Crippen LogP contribution >= 0.6 is 11.6 Å². The molecule has 3 N–H and O–H groups in total. The summed E-state index contributed by atoms with van der Waals surface area (Å²) in [6.07, 6.45) is 4.54. The number of anilines is 1. The van der Waals surface area contributed by atoms with Crippen LogP contribution in [0.2, 0.25) is 5.02 Å². The van der Waals surface area contributed by atoms with Crippen LogP contribution in [0, 0.1) is 0 Å². The molecule has 98 valence electrons. The molecule has 0 aliphatic heterocycles. The Balaban J connectivity index is 2.39. The number of hydrogen-bond acceptors (Lipinski definition) is 4. The van der Waals surface area contributed by atoms with E-state index in [1.165, 1.54) is 18.6 Å². The van der Waals surface area contributed by atoms with Crippen molar-refractivity contribution in [2.75, 3.05) is 5.32 Å². The zero-order valence-electron chi connectivity index (χ0n) is 10.3. The van der Waals surface area contributed by atoms with Crippen molar-refractivity contribution in [3.05, 3.63) is 53.6 Å². The van der Waals surface area contributed by atoms with E-state index >= 15 is 0 Å². The number of rotatable bonds is 4.